The Labute approximate surface area is 222 Å². The molecule has 0 saturated heterocycles. The maximum atomic E-state index is 13.5. The Hall–Kier alpha value is -3.36. The molecule has 1 heterocycles. The Balaban J connectivity index is 1.38. The third kappa shape index (κ3) is 7.81. The molecule has 0 unspecified atom stereocenters. The van der Waals surface area contributed by atoms with Crippen LogP contribution in [-0.4, -0.2) is 61.6 Å². The predicted octanol–water partition coefficient (Wildman–Crippen LogP) is 4.54. The van der Waals surface area contributed by atoms with Gasteiger partial charge in [-0.3, -0.25) is 9.59 Å². The van der Waals surface area contributed by atoms with Crippen LogP contribution in [0.5, 0.6) is 11.5 Å². The van der Waals surface area contributed by atoms with Gasteiger partial charge in [0.15, 0.2) is 11.5 Å². The second-order valence-corrected chi connectivity index (χ2v) is 10.1. The van der Waals surface area contributed by atoms with E-state index in [0.717, 1.165) is 28.8 Å². The Morgan fingerprint density at radius 1 is 0.919 bits per heavy atom. The van der Waals surface area contributed by atoms with Gasteiger partial charge < -0.3 is 24.0 Å². The monoisotopic (exact) mass is 522 g/mol. The van der Waals surface area contributed by atoms with Gasteiger partial charge in [0, 0.05) is 17.5 Å². The third-order valence-electron chi connectivity index (χ3n) is 6.35. The molecule has 2 aromatic carbocycles. The van der Waals surface area contributed by atoms with Gasteiger partial charge >= 0.3 is 0 Å². The largest absolute Gasteiger partial charge is 0.493 e. The summed E-state index contributed by atoms with van der Waals surface area (Å²) in [6.45, 7) is 1.45. The summed E-state index contributed by atoms with van der Waals surface area (Å²) in [5.74, 6) is 1.14. The van der Waals surface area contributed by atoms with Gasteiger partial charge in [-0.15, -0.1) is 11.3 Å². The summed E-state index contributed by atoms with van der Waals surface area (Å²) >= 11 is 1.62. The summed E-state index contributed by atoms with van der Waals surface area (Å²) in [5.41, 5.74) is 2.06. The van der Waals surface area contributed by atoms with Crippen molar-refractivity contribution in [1.29, 1.82) is 0 Å². The summed E-state index contributed by atoms with van der Waals surface area (Å²) in [4.78, 5) is 31.2. The second kappa shape index (κ2) is 13.3. The summed E-state index contributed by atoms with van der Waals surface area (Å²) in [6.07, 6.45) is 2.51. The van der Waals surface area contributed by atoms with Crippen molar-refractivity contribution in [3.63, 3.8) is 0 Å². The average Bonchev–Trinajstić information content (AvgIpc) is 3.64. The highest BCUT2D eigenvalue weighted by Crippen LogP contribution is 2.29. The van der Waals surface area contributed by atoms with Crippen LogP contribution in [0.15, 0.2) is 66.0 Å². The van der Waals surface area contributed by atoms with Crippen LogP contribution in [0.1, 0.15) is 28.8 Å². The molecule has 1 aliphatic rings. The number of benzene rings is 2. The van der Waals surface area contributed by atoms with Crippen LogP contribution in [0.4, 0.5) is 0 Å². The first kappa shape index (κ1) is 26.7. The van der Waals surface area contributed by atoms with Crippen LogP contribution < -0.4 is 9.47 Å². The highest BCUT2D eigenvalue weighted by molar-refractivity contribution is 7.09. The van der Waals surface area contributed by atoms with Gasteiger partial charge in [0.2, 0.25) is 11.8 Å². The van der Waals surface area contributed by atoms with Gasteiger partial charge in [0.25, 0.3) is 0 Å². The zero-order chi connectivity index (χ0) is 26.0. The zero-order valence-corrected chi connectivity index (χ0v) is 22.2. The molecule has 0 radical (unpaired) electrons. The molecule has 2 amide bonds. The van der Waals surface area contributed by atoms with E-state index in [1.165, 1.54) is 0 Å². The van der Waals surface area contributed by atoms with Gasteiger partial charge in [-0.25, -0.2) is 0 Å². The molecule has 0 aliphatic heterocycles. The quantitative estimate of drug-likeness (QED) is 0.311. The van der Waals surface area contributed by atoms with Crippen molar-refractivity contribution >= 4 is 23.2 Å². The highest BCUT2D eigenvalue weighted by Gasteiger charge is 2.34. The van der Waals surface area contributed by atoms with E-state index in [1.54, 1.807) is 30.5 Å². The molecule has 0 spiro atoms. The van der Waals surface area contributed by atoms with Gasteiger partial charge in [-0.05, 0) is 54.0 Å². The molecule has 4 rings (SSSR count). The normalized spacial score (nSPS) is 12.7. The smallest absolute Gasteiger partial charge is 0.249 e. The maximum Gasteiger partial charge on any atom is 0.249 e. The molecule has 8 heteroatoms. The van der Waals surface area contributed by atoms with Gasteiger partial charge in [0.05, 0.1) is 27.4 Å². The Morgan fingerprint density at radius 2 is 1.70 bits per heavy atom. The SMILES string of the molecule is COc1ccc(CCN(Cc2cccs2)C(=O)CN(C(=O)COCc2ccccc2)C2CC2)cc1OC. The van der Waals surface area contributed by atoms with E-state index >= 15 is 0 Å². The molecule has 7 nitrogen and oxygen atoms in total. The fourth-order valence-electron chi connectivity index (χ4n) is 4.15. The Morgan fingerprint density at radius 3 is 2.38 bits per heavy atom. The zero-order valence-electron chi connectivity index (χ0n) is 21.4. The number of nitrogens with zero attached hydrogens (tertiary/aromatic N) is 2. The first-order chi connectivity index (χ1) is 18.1. The van der Waals surface area contributed by atoms with Crippen LogP contribution in [0.2, 0.25) is 0 Å². The van der Waals surface area contributed by atoms with Crippen molar-refractivity contribution in [2.45, 2.75) is 38.5 Å². The molecule has 37 heavy (non-hydrogen) atoms. The molecular formula is C29H34N2O5S. The number of thiophene rings is 1. The third-order valence-corrected chi connectivity index (χ3v) is 7.21. The van der Waals surface area contributed by atoms with E-state index in [1.807, 2.05) is 70.9 Å². The van der Waals surface area contributed by atoms with Crippen molar-refractivity contribution in [3.8, 4) is 11.5 Å². The second-order valence-electron chi connectivity index (χ2n) is 9.07. The Kier molecular flexibility index (Phi) is 9.57. The van der Waals surface area contributed by atoms with Crippen LogP contribution in [-0.2, 0) is 33.9 Å². The minimum Gasteiger partial charge on any atom is -0.493 e. The van der Waals surface area contributed by atoms with E-state index in [0.29, 0.717) is 37.6 Å². The summed E-state index contributed by atoms with van der Waals surface area (Å²) < 4.78 is 16.4. The molecular weight excluding hydrogens is 488 g/mol. The lowest BCUT2D eigenvalue weighted by molar-refractivity contribution is -0.144. The molecule has 0 atom stereocenters. The minimum atomic E-state index is -0.136. The standard InChI is InChI=1S/C29H34N2O5S/c1-34-26-13-10-22(17-27(26)35-2)14-15-30(18-25-9-6-16-37-25)28(32)19-31(24-11-12-24)29(33)21-36-20-23-7-4-3-5-8-23/h3-10,13,16-17,24H,11-12,14-15,18-21H2,1-2H3. The van der Waals surface area contributed by atoms with E-state index in [2.05, 4.69) is 0 Å². The fourth-order valence-corrected chi connectivity index (χ4v) is 4.87. The van der Waals surface area contributed by atoms with E-state index < -0.39 is 0 Å². The van der Waals surface area contributed by atoms with E-state index in [-0.39, 0.29) is 31.0 Å². The topological polar surface area (TPSA) is 68.3 Å². The molecule has 3 aromatic rings. The molecule has 1 aliphatic carbocycles. The van der Waals surface area contributed by atoms with Crippen molar-refractivity contribution in [2.24, 2.45) is 0 Å². The molecule has 0 bridgehead atoms. The van der Waals surface area contributed by atoms with Crippen LogP contribution in [0.25, 0.3) is 0 Å². The van der Waals surface area contributed by atoms with Crippen LogP contribution in [0, 0.1) is 0 Å². The molecule has 1 fully saturated rings. The van der Waals surface area contributed by atoms with Gasteiger partial charge in [-0.2, -0.15) is 0 Å². The lowest BCUT2D eigenvalue weighted by Gasteiger charge is -2.28. The molecule has 0 N–H and O–H groups in total. The van der Waals surface area contributed by atoms with Crippen molar-refractivity contribution in [2.75, 3.05) is 33.9 Å². The highest BCUT2D eigenvalue weighted by atomic mass is 32.1. The van der Waals surface area contributed by atoms with Crippen LogP contribution in [0.3, 0.4) is 0 Å². The first-order valence-electron chi connectivity index (χ1n) is 12.5. The number of ether oxygens (including phenoxy) is 3. The summed E-state index contributed by atoms with van der Waals surface area (Å²) in [6, 6.07) is 19.7. The minimum absolute atomic E-state index is 0.0325. The fraction of sp³-hybridized carbons (Fsp3) is 0.379. The average molecular weight is 523 g/mol. The number of hydrogen-bond donors (Lipinski definition) is 0. The molecule has 1 saturated carbocycles. The number of carbonyl (C=O) groups excluding carboxylic acids is 2. The molecule has 1 aromatic heterocycles. The maximum absolute atomic E-state index is 13.5. The predicted molar refractivity (Wildman–Crippen MR) is 144 cm³/mol. The lowest BCUT2D eigenvalue weighted by Crippen LogP contribution is -2.45. The van der Waals surface area contributed by atoms with E-state index in [9.17, 15) is 9.59 Å². The van der Waals surface area contributed by atoms with Crippen molar-refractivity contribution < 1.29 is 23.8 Å². The Bertz CT molecular complexity index is 1150. The number of hydrogen-bond acceptors (Lipinski definition) is 6. The first-order valence-corrected chi connectivity index (χ1v) is 13.4. The van der Waals surface area contributed by atoms with Crippen LogP contribution >= 0.6 is 11.3 Å². The van der Waals surface area contributed by atoms with Crippen molar-refractivity contribution in [1.82, 2.24) is 9.80 Å². The summed E-state index contributed by atoms with van der Waals surface area (Å²) in [7, 11) is 3.22. The molecule has 196 valence electrons. The van der Waals surface area contributed by atoms with Crippen molar-refractivity contribution in [3.05, 3.63) is 82.0 Å². The number of carbonyl (C=O) groups is 2. The lowest BCUT2D eigenvalue weighted by atomic mass is 10.1. The number of rotatable bonds is 14. The number of methoxy groups -OCH3 is 2. The number of amides is 2. The summed E-state index contributed by atoms with van der Waals surface area (Å²) in [5, 5.41) is 2.01. The van der Waals surface area contributed by atoms with E-state index in [4.69, 9.17) is 14.2 Å². The van der Waals surface area contributed by atoms with Gasteiger partial charge in [0.1, 0.15) is 13.2 Å². The van der Waals surface area contributed by atoms with Gasteiger partial charge in [-0.1, -0.05) is 42.5 Å².